The summed E-state index contributed by atoms with van der Waals surface area (Å²) in [5.41, 5.74) is 5.24. The van der Waals surface area contributed by atoms with Crippen molar-refractivity contribution in [1.82, 2.24) is 0 Å². The molecule has 0 fully saturated rings. The average Bonchev–Trinajstić information content (AvgIpc) is 1.98. The Hall–Kier alpha value is -0.290. The van der Waals surface area contributed by atoms with Crippen molar-refractivity contribution in [3.8, 4) is 0 Å². The topological polar surface area (TPSA) is 35.2 Å². The van der Waals surface area contributed by atoms with Gasteiger partial charge in [-0.2, -0.15) is 13.2 Å². The zero-order chi connectivity index (χ0) is 10.3. The Morgan fingerprint density at radius 3 is 2.46 bits per heavy atom. The van der Waals surface area contributed by atoms with Gasteiger partial charge in [-0.05, 0) is 26.3 Å². The summed E-state index contributed by atoms with van der Waals surface area (Å²) >= 11 is 0. The molecule has 0 bridgehead atoms. The highest BCUT2D eigenvalue weighted by Gasteiger charge is 2.26. The summed E-state index contributed by atoms with van der Waals surface area (Å²) in [5, 5.41) is 0. The van der Waals surface area contributed by atoms with Gasteiger partial charge in [0.05, 0.1) is 19.1 Å². The first-order valence-electron chi connectivity index (χ1n) is 4.34. The molecule has 1 atom stereocenters. The summed E-state index contributed by atoms with van der Waals surface area (Å²) in [7, 11) is 0. The molecule has 0 aromatic heterocycles. The molecular weight excluding hydrogens is 183 g/mol. The number of rotatable bonds is 6. The SMILES string of the molecule is CC(CCCN)OCCC(F)(F)F. The Balaban J connectivity index is 3.31. The molecule has 0 aromatic rings. The third-order valence-electron chi connectivity index (χ3n) is 1.60. The van der Waals surface area contributed by atoms with Crippen LogP contribution >= 0.6 is 0 Å². The van der Waals surface area contributed by atoms with Crippen molar-refractivity contribution in [2.24, 2.45) is 5.73 Å². The summed E-state index contributed by atoms with van der Waals surface area (Å²) in [5.74, 6) is 0. The van der Waals surface area contributed by atoms with Gasteiger partial charge in [-0.25, -0.2) is 0 Å². The second-order valence-electron chi connectivity index (χ2n) is 2.98. The monoisotopic (exact) mass is 199 g/mol. The largest absolute Gasteiger partial charge is 0.391 e. The van der Waals surface area contributed by atoms with Crippen LogP contribution in [0, 0.1) is 0 Å². The minimum atomic E-state index is -4.12. The van der Waals surface area contributed by atoms with Gasteiger partial charge in [0.1, 0.15) is 0 Å². The summed E-state index contributed by atoms with van der Waals surface area (Å²) in [6, 6.07) is 0. The first kappa shape index (κ1) is 12.7. The van der Waals surface area contributed by atoms with E-state index in [0.717, 1.165) is 6.42 Å². The Morgan fingerprint density at radius 2 is 2.00 bits per heavy atom. The van der Waals surface area contributed by atoms with Crippen molar-refractivity contribution in [3.05, 3.63) is 0 Å². The molecule has 1 unspecified atom stereocenters. The number of halogens is 3. The molecule has 0 spiro atoms. The molecule has 0 saturated carbocycles. The van der Waals surface area contributed by atoms with Gasteiger partial charge in [0.15, 0.2) is 0 Å². The van der Waals surface area contributed by atoms with Crippen LogP contribution in [0.25, 0.3) is 0 Å². The smallest absolute Gasteiger partial charge is 0.378 e. The molecule has 0 heterocycles. The predicted octanol–water partition coefficient (Wildman–Crippen LogP) is 2.08. The average molecular weight is 199 g/mol. The first-order valence-corrected chi connectivity index (χ1v) is 4.34. The van der Waals surface area contributed by atoms with E-state index in [1.54, 1.807) is 6.92 Å². The lowest BCUT2D eigenvalue weighted by molar-refractivity contribution is -0.148. The highest BCUT2D eigenvalue weighted by Crippen LogP contribution is 2.19. The van der Waals surface area contributed by atoms with Gasteiger partial charge in [0.2, 0.25) is 0 Å². The normalized spacial score (nSPS) is 14.5. The molecule has 0 rings (SSSR count). The van der Waals surface area contributed by atoms with Crippen LogP contribution in [0.1, 0.15) is 26.2 Å². The lowest BCUT2D eigenvalue weighted by Crippen LogP contribution is -2.16. The second-order valence-corrected chi connectivity index (χ2v) is 2.98. The Morgan fingerprint density at radius 1 is 1.38 bits per heavy atom. The van der Waals surface area contributed by atoms with Crippen LogP contribution in [0.15, 0.2) is 0 Å². The van der Waals surface area contributed by atoms with Gasteiger partial charge in [-0.15, -0.1) is 0 Å². The summed E-state index contributed by atoms with van der Waals surface area (Å²) < 4.78 is 39.9. The third-order valence-corrected chi connectivity index (χ3v) is 1.60. The maximum Gasteiger partial charge on any atom is 0.391 e. The Bertz CT molecular complexity index is 127. The Labute approximate surface area is 76.2 Å². The van der Waals surface area contributed by atoms with Crippen LogP contribution in [0.5, 0.6) is 0 Å². The fourth-order valence-corrected chi connectivity index (χ4v) is 0.864. The standard InChI is InChI=1S/C8H16F3NO/c1-7(3-2-5-12)13-6-4-8(9,10)11/h7H,2-6,12H2,1H3. The van der Waals surface area contributed by atoms with Crippen LogP contribution in [0.2, 0.25) is 0 Å². The third kappa shape index (κ3) is 9.63. The molecule has 13 heavy (non-hydrogen) atoms. The van der Waals surface area contributed by atoms with E-state index in [2.05, 4.69) is 0 Å². The molecule has 0 aromatic carbocycles. The van der Waals surface area contributed by atoms with E-state index in [9.17, 15) is 13.2 Å². The molecule has 0 aliphatic rings. The van der Waals surface area contributed by atoms with E-state index in [-0.39, 0.29) is 12.7 Å². The van der Waals surface area contributed by atoms with E-state index in [1.165, 1.54) is 0 Å². The molecule has 0 amide bonds. The first-order chi connectivity index (χ1) is 5.95. The predicted molar refractivity (Wildman–Crippen MR) is 44.4 cm³/mol. The van der Waals surface area contributed by atoms with Gasteiger partial charge in [-0.3, -0.25) is 0 Å². The van der Waals surface area contributed by atoms with Crippen molar-refractivity contribution in [1.29, 1.82) is 0 Å². The maximum atomic E-state index is 11.7. The molecule has 2 N–H and O–H groups in total. The highest BCUT2D eigenvalue weighted by atomic mass is 19.4. The van der Waals surface area contributed by atoms with Crippen LogP contribution in [0.3, 0.4) is 0 Å². The highest BCUT2D eigenvalue weighted by molar-refractivity contribution is 4.53. The van der Waals surface area contributed by atoms with Gasteiger partial charge in [0.25, 0.3) is 0 Å². The molecule has 0 aliphatic carbocycles. The van der Waals surface area contributed by atoms with Crippen molar-refractivity contribution in [3.63, 3.8) is 0 Å². The van der Waals surface area contributed by atoms with E-state index >= 15 is 0 Å². The zero-order valence-electron chi connectivity index (χ0n) is 7.73. The zero-order valence-corrected chi connectivity index (χ0v) is 7.73. The molecule has 2 nitrogen and oxygen atoms in total. The summed E-state index contributed by atoms with van der Waals surface area (Å²) in [6.07, 6.45) is -3.62. The van der Waals surface area contributed by atoms with Crippen molar-refractivity contribution >= 4 is 0 Å². The quantitative estimate of drug-likeness (QED) is 0.710. The Kier molecular flexibility index (Phi) is 6.07. The lowest BCUT2D eigenvalue weighted by Gasteiger charge is -2.13. The minimum Gasteiger partial charge on any atom is -0.378 e. The molecule has 0 radical (unpaired) electrons. The van der Waals surface area contributed by atoms with Crippen LogP contribution in [0.4, 0.5) is 13.2 Å². The summed E-state index contributed by atoms with van der Waals surface area (Å²) in [6.45, 7) is 2.05. The van der Waals surface area contributed by atoms with Crippen LogP contribution in [-0.4, -0.2) is 25.4 Å². The number of nitrogens with two attached hydrogens (primary N) is 1. The van der Waals surface area contributed by atoms with Crippen molar-refractivity contribution in [2.75, 3.05) is 13.2 Å². The van der Waals surface area contributed by atoms with Crippen molar-refractivity contribution in [2.45, 2.75) is 38.5 Å². The maximum absolute atomic E-state index is 11.7. The van der Waals surface area contributed by atoms with E-state index in [0.29, 0.717) is 13.0 Å². The molecule has 5 heteroatoms. The lowest BCUT2D eigenvalue weighted by atomic mass is 10.2. The van der Waals surface area contributed by atoms with Gasteiger partial charge < -0.3 is 10.5 Å². The van der Waals surface area contributed by atoms with E-state index in [1.807, 2.05) is 0 Å². The van der Waals surface area contributed by atoms with Crippen molar-refractivity contribution < 1.29 is 17.9 Å². The molecule has 0 saturated heterocycles. The van der Waals surface area contributed by atoms with E-state index < -0.39 is 12.6 Å². The number of hydrogen-bond acceptors (Lipinski definition) is 2. The van der Waals surface area contributed by atoms with Gasteiger partial charge in [-0.1, -0.05) is 0 Å². The minimum absolute atomic E-state index is 0.133. The molecule has 0 aliphatic heterocycles. The van der Waals surface area contributed by atoms with Crippen LogP contribution < -0.4 is 5.73 Å². The summed E-state index contributed by atoms with van der Waals surface area (Å²) in [4.78, 5) is 0. The van der Waals surface area contributed by atoms with E-state index in [4.69, 9.17) is 10.5 Å². The fourth-order valence-electron chi connectivity index (χ4n) is 0.864. The van der Waals surface area contributed by atoms with Gasteiger partial charge in [0, 0.05) is 0 Å². The second kappa shape index (κ2) is 6.21. The van der Waals surface area contributed by atoms with Gasteiger partial charge >= 0.3 is 6.18 Å². The molecular formula is C8H16F3NO. The van der Waals surface area contributed by atoms with Crippen LogP contribution in [-0.2, 0) is 4.74 Å². The number of alkyl halides is 3. The number of ether oxygens (including phenoxy) is 1. The fraction of sp³-hybridized carbons (Fsp3) is 1.00. The molecule has 80 valence electrons. The number of hydrogen-bond donors (Lipinski definition) is 1.